The number of aromatic nitrogens is 2. The molecule has 2 aromatic heterocycles. The van der Waals surface area contributed by atoms with E-state index >= 15 is 0 Å². The number of hydrogen-bond acceptors (Lipinski definition) is 4. The Morgan fingerprint density at radius 3 is 2.71 bits per heavy atom. The molecular formula is C18H17N3OS2. The number of aryl methyl sites for hydroxylation is 1. The van der Waals surface area contributed by atoms with Crippen molar-refractivity contribution in [3.63, 3.8) is 0 Å². The first kappa shape index (κ1) is 15.5. The molecule has 0 fully saturated rings. The van der Waals surface area contributed by atoms with Gasteiger partial charge in [-0.1, -0.05) is 18.2 Å². The highest BCUT2D eigenvalue weighted by Gasteiger charge is 2.34. The van der Waals surface area contributed by atoms with Crippen molar-refractivity contribution in [3.8, 4) is 5.69 Å². The van der Waals surface area contributed by atoms with Crippen LogP contribution >= 0.6 is 23.1 Å². The van der Waals surface area contributed by atoms with Gasteiger partial charge in [-0.15, -0.1) is 11.8 Å². The lowest BCUT2D eigenvalue weighted by molar-refractivity contribution is -0.115. The van der Waals surface area contributed by atoms with Gasteiger partial charge in [0.05, 0.1) is 21.9 Å². The molecule has 0 saturated heterocycles. The van der Waals surface area contributed by atoms with Crippen LogP contribution in [0.2, 0.25) is 0 Å². The number of nitrogens with zero attached hydrogens (tertiary/aromatic N) is 2. The summed E-state index contributed by atoms with van der Waals surface area (Å²) in [7, 11) is 0. The molecule has 3 aromatic rings. The van der Waals surface area contributed by atoms with Gasteiger partial charge in [-0.2, -0.15) is 16.4 Å². The summed E-state index contributed by atoms with van der Waals surface area (Å²) in [4.78, 5) is 12.5. The number of carbonyl (C=O) groups is 1. The highest BCUT2D eigenvalue weighted by atomic mass is 32.2. The Morgan fingerprint density at radius 1 is 1.21 bits per heavy atom. The van der Waals surface area contributed by atoms with E-state index < -0.39 is 0 Å². The number of benzene rings is 1. The Morgan fingerprint density at radius 2 is 2.00 bits per heavy atom. The molecule has 4 rings (SSSR count). The third kappa shape index (κ3) is 2.56. The molecule has 122 valence electrons. The molecular weight excluding hydrogens is 338 g/mol. The second kappa shape index (κ2) is 6.11. The number of hydrogen-bond donors (Lipinski definition) is 1. The molecule has 1 N–H and O–H groups in total. The van der Waals surface area contributed by atoms with Crippen molar-refractivity contribution in [1.29, 1.82) is 0 Å². The maximum atomic E-state index is 12.5. The van der Waals surface area contributed by atoms with Crippen molar-refractivity contribution >= 4 is 34.8 Å². The van der Waals surface area contributed by atoms with E-state index in [0.717, 1.165) is 22.8 Å². The topological polar surface area (TPSA) is 46.9 Å². The number of carbonyl (C=O) groups excluding carboxylic acids is 1. The summed E-state index contributed by atoms with van der Waals surface area (Å²) in [6, 6.07) is 12.1. The van der Waals surface area contributed by atoms with Crippen LogP contribution in [0.1, 0.15) is 29.0 Å². The van der Waals surface area contributed by atoms with Gasteiger partial charge in [0.25, 0.3) is 0 Å². The Labute approximate surface area is 148 Å². The maximum absolute atomic E-state index is 12.5. The molecule has 2 atom stereocenters. The first-order chi connectivity index (χ1) is 11.6. The fourth-order valence-electron chi connectivity index (χ4n) is 2.95. The van der Waals surface area contributed by atoms with Crippen LogP contribution in [0.4, 0.5) is 5.82 Å². The third-order valence-electron chi connectivity index (χ3n) is 4.17. The van der Waals surface area contributed by atoms with Crippen LogP contribution in [0.5, 0.6) is 0 Å². The van der Waals surface area contributed by atoms with E-state index in [9.17, 15) is 4.79 Å². The summed E-state index contributed by atoms with van der Waals surface area (Å²) in [6.07, 6.45) is 0. The van der Waals surface area contributed by atoms with Crippen molar-refractivity contribution in [1.82, 2.24) is 9.78 Å². The van der Waals surface area contributed by atoms with E-state index in [1.165, 1.54) is 5.56 Å². The zero-order valence-electron chi connectivity index (χ0n) is 13.4. The summed E-state index contributed by atoms with van der Waals surface area (Å²) >= 11 is 3.36. The van der Waals surface area contributed by atoms with E-state index in [0.29, 0.717) is 0 Å². The molecule has 0 aliphatic carbocycles. The molecule has 0 radical (unpaired) electrons. The predicted octanol–water partition coefficient (Wildman–Crippen LogP) is 4.41. The number of anilines is 1. The van der Waals surface area contributed by atoms with E-state index in [1.807, 2.05) is 48.9 Å². The maximum Gasteiger partial charge on any atom is 0.238 e. The molecule has 3 heterocycles. The molecule has 1 aliphatic rings. The van der Waals surface area contributed by atoms with Crippen molar-refractivity contribution in [2.45, 2.75) is 24.3 Å². The monoisotopic (exact) mass is 355 g/mol. The minimum atomic E-state index is -0.120. The second-order valence-electron chi connectivity index (χ2n) is 5.80. The van der Waals surface area contributed by atoms with Crippen LogP contribution in [-0.2, 0) is 4.79 Å². The smallest absolute Gasteiger partial charge is 0.238 e. The van der Waals surface area contributed by atoms with Crippen LogP contribution in [0.15, 0.2) is 47.2 Å². The summed E-state index contributed by atoms with van der Waals surface area (Å²) in [5.41, 5.74) is 4.22. The van der Waals surface area contributed by atoms with Gasteiger partial charge < -0.3 is 5.32 Å². The van der Waals surface area contributed by atoms with E-state index in [1.54, 1.807) is 23.1 Å². The number of fused-ring (bicyclic) bond motifs is 1. The number of amides is 1. The largest absolute Gasteiger partial charge is 0.309 e. The van der Waals surface area contributed by atoms with Gasteiger partial charge in [0, 0.05) is 5.56 Å². The quantitative estimate of drug-likeness (QED) is 0.741. The highest BCUT2D eigenvalue weighted by molar-refractivity contribution is 8.01. The summed E-state index contributed by atoms with van der Waals surface area (Å²) in [6.45, 7) is 3.97. The highest BCUT2D eigenvalue weighted by Crippen LogP contribution is 2.46. The zero-order valence-corrected chi connectivity index (χ0v) is 15.0. The minimum Gasteiger partial charge on any atom is -0.309 e. The number of thioether (sulfide) groups is 1. The summed E-state index contributed by atoms with van der Waals surface area (Å²) in [5.74, 6) is 0.813. The Hall–Kier alpha value is -2.05. The number of thiophene rings is 1. The standard InChI is InChI=1S/C18H17N3OS2/c1-11-15-16(13-8-9-23-10-13)24-12(2)18(22)19-17(15)21(20-11)14-6-4-3-5-7-14/h3-10,12,16H,1-2H3,(H,19,22)/t12-,16+/m1/s1. The van der Waals surface area contributed by atoms with Crippen LogP contribution in [-0.4, -0.2) is 20.9 Å². The minimum absolute atomic E-state index is 0.0241. The Bertz CT molecular complexity index is 871. The molecule has 1 amide bonds. The molecule has 0 spiro atoms. The van der Waals surface area contributed by atoms with E-state index in [2.05, 4.69) is 22.1 Å². The van der Waals surface area contributed by atoms with Crippen molar-refractivity contribution in [2.75, 3.05) is 5.32 Å². The predicted molar refractivity (Wildman–Crippen MR) is 100 cm³/mol. The lowest BCUT2D eigenvalue weighted by atomic mass is 10.1. The van der Waals surface area contributed by atoms with Gasteiger partial charge in [0.1, 0.15) is 5.82 Å². The molecule has 0 unspecified atom stereocenters. The molecule has 24 heavy (non-hydrogen) atoms. The first-order valence-electron chi connectivity index (χ1n) is 7.78. The van der Waals surface area contributed by atoms with Crippen LogP contribution in [0, 0.1) is 6.92 Å². The third-order valence-corrected chi connectivity index (χ3v) is 6.27. The molecule has 1 aromatic carbocycles. The SMILES string of the molecule is Cc1nn(-c2ccccc2)c2c1[C@H](c1ccsc1)S[C@H](C)C(=O)N2. The number of rotatable bonds is 2. The van der Waals surface area contributed by atoms with Gasteiger partial charge in [-0.25, -0.2) is 4.68 Å². The van der Waals surface area contributed by atoms with Gasteiger partial charge in [0.2, 0.25) is 5.91 Å². The molecule has 6 heteroatoms. The molecule has 0 saturated carbocycles. The number of nitrogens with one attached hydrogen (secondary N) is 1. The van der Waals surface area contributed by atoms with Crippen LogP contribution < -0.4 is 5.32 Å². The van der Waals surface area contributed by atoms with Crippen LogP contribution in [0.3, 0.4) is 0 Å². The average Bonchev–Trinajstić information content (AvgIpc) is 3.19. The van der Waals surface area contributed by atoms with Gasteiger partial charge >= 0.3 is 0 Å². The average molecular weight is 355 g/mol. The van der Waals surface area contributed by atoms with Gasteiger partial charge in [-0.3, -0.25) is 4.79 Å². The van der Waals surface area contributed by atoms with E-state index in [4.69, 9.17) is 5.10 Å². The van der Waals surface area contributed by atoms with E-state index in [-0.39, 0.29) is 16.4 Å². The van der Waals surface area contributed by atoms with Crippen molar-refractivity contribution in [2.24, 2.45) is 0 Å². The van der Waals surface area contributed by atoms with Gasteiger partial charge in [-0.05, 0) is 48.4 Å². The van der Waals surface area contributed by atoms with Gasteiger partial charge in [0.15, 0.2) is 0 Å². The normalized spacial score (nSPS) is 20.3. The Kier molecular flexibility index (Phi) is 3.94. The lowest BCUT2D eigenvalue weighted by Crippen LogP contribution is -2.22. The van der Waals surface area contributed by atoms with Crippen molar-refractivity contribution < 1.29 is 4.79 Å². The molecule has 1 aliphatic heterocycles. The second-order valence-corrected chi connectivity index (χ2v) is 8.03. The Balaban J connectivity index is 1.92. The van der Waals surface area contributed by atoms with Crippen LogP contribution in [0.25, 0.3) is 5.69 Å². The zero-order chi connectivity index (χ0) is 16.7. The fraction of sp³-hybridized carbons (Fsp3) is 0.222. The summed E-state index contributed by atoms with van der Waals surface area (Å²) < 4.78 is 1.85. The lowest BCUT2D eigenvalue weighted by Gasteiger charge is -2.15. The number of para-hydroxylation sites is 1. The molecule has 4 nitrogen and oxygen atoms in total. The fourth-order valence-corrected chi connectivity index (χ4v) is 5.04. The molecule has 0 bridgehead atoms. The summed E-state index contributed by atoms with van der Waals surface area (Å²) in [5, 5.41) is 12.0. The first-order valence-corrected chi connectivity index (χ1v) is 9.67. The van der Waals surface area contributed by atoms with Crippen molar-refractivity contribution in [3.05, 3.63) is 64.0 Å².